The zero-order chi connectivity index (χ0) is 60.5. The number of rotatable bonds is 68. The highest BCUT2D eigenvalue weighted by molar-refractivity contribution is 5.70. The van der Waals surface area contributed by atoms with Crippen LogP contribution in [-0.2, 0) is 19.1 Å². The molecule has 0 fully saturated rings. The Bertz CT molecular complexity index is 1560. The molecular weight excluding hydrogens is 1030 g/mol. The van der Waals surface area contributed by atoms with E-state index >= 15 is 0 Å². The third kappa shape index (κ3) is 71.3. The lowest BCUT2D eigenvalue weighted by Crippen LogP contribution is -2.28. The van der Waals surface area contributed by atoms with Crippen molar-refractivity contribution in [1.29, 1.82) is 0 Å². The third-order valence-electron chi connectivity index (χ3n) is 16.4. The van der Waals surface area contributed by atoms with Crippen molar-refractivity contribution in [2.24, 2.45) is 0 Å². The lowest BCUT2D eigenvalue weighted by atomic mass is 10.0. The van der Waals surface area contributed by atoms with Gasteiger partial charge in [-0.25, -0.2) is 0 Å². The van der Waals surface area contributed by atoms with E-state index < -0.39 is 6.10 Å². The number of allylic oxidation sites excluding steroid dienone is 16. The normalized spacial score (nSPS) is 12.8. The van der Waals surface area contributed by atoms with Crippen LogP contribution in [0.2, 0.25) is 0 Å². The molecular formula is C79H140O5. The number of esters is 2. The van der Waals surface area contributed by atoms with Crippen molar-refractivity contribution in [3.05, 3.63) is 97.2 Å². The first-order valence-corrected chi connectivity index (χ1v) is 36.8. The molecule has 0 bridgehead atoms. The number of hydrogen-bond acceptors (Lipinski definition) is 5. The van der Waals surface area contributed by atoms with Gasteiger partial charge in [-0.05, 0) is 89.9 Å². The van der Waals surface area contributed by atoms with E-state index in [9.17, 15) is 14.7 Å². The molecule has 1 unspecified atom stereocenters. The number of carbonyl (C=O) groups excluding carboxylic acids is 2. The minimum Gasteiger partial charge on any atom is -0.462 e. The summed E-state index contributed by atoms with van der Waals surface area (Å²) in [5.41, 5.74) is 0. The maximum atomic E-state index is 12.4. The van der Waals surface area contributed by atoms with Gasteiger partial charge in [0.2, 0.25) is 0 Å². The molecule has 486 valence electrons. The summed E-state index contributed by atoms with van der Waals surface area (Å²) >= 11 is 0. The van der Waals surface area contributed by atoms with Crippen LogP contribution in [0.1, 0.15) is 373 Å². The Hall–Kier alpha value is -3.18. The van der Waals surface area contributed by atoms with Crippen LogP contribution in [0.5, 0.6) is 0 Å². The third-order valence-corrected chi connectivity index (χ3v) is 16.4. The monoisotopic (exact) mass is 1170 g/mol. The van der Waals surface area contributed by atoms with Gasteiger partial charge in [0, 0.05) is 12.8 Å². The van der Waals surface area contributed by atoms with Crippen LogP contribution in [0.3, 0.4) is 0 Å². The van der Waals surface area contributed by atoms with Crippen molar-refractivity contribution >= 4 is 11.9 Å². The molecule has 0 radical (unpaired) electrons. The fourth-order valence-corrected chi connectivity index (χ4v) is 11.0. The Morgan fingerprint density at radius 3 is 0.714 bits per heavy atom. The SMILES string of the molecule is CC/C=C\C/C=C\C/C=C\C/C=C\CCCCCCCCCCCCCCCCCCCCCCCCCCC(=O)OC(CO)COC(=O)CCCCCCCCCCCCCCCCCCCCCC/C=C\C/C=C\C/C=C\C/C=C\CC. The molecule has 0 saturated heterocycles. The van der Waals surface area contributed by atoms with Gasteiger partial charge in [0.05, 0.1) is 6.61 Å². The summed E-state index contributed by atoms with van der Waals surface area (Å²) in [5, 5.41) is 9.72. The van der Waals surface area contributed by atoms with E-state index in [4.69, 9.17) is 9.47 Å². The topological polar surface area (TPSA) is 72.8 Å². The standard InChI is InChI=1S/C79H140O5/c1-3-5-7-9-11-13-15-17-19-21-23-25-27-29-31-33-35-37-38-39-40-42-44-46-48-50-52-54-56-58-60-62-64-66-68-70-72-74-79(82)84-77(75-80)76-83-78(81)73-71-69-67-65-63-61-59-57-55-53-51-49-47-45-43-41-36-34-32-30-28-26-24-22-20-18-16-14-12-10-8-6-4-2/h5-8,11-14,17-20,23-26,77,80H,3-4,9-10,15-16,21-22,27-76H2,1-2H3/b7-5-,8-6-,13-11-,14-12-,19-17-,20-18-,25-23-,26-24-. The summed E-state index contributed by atoms with van der Waals surface area (Å²) in [4.78, 5) is 24.7. The van der Waals surface area contributed by atoms with E-state index in [1.165, 1.54) is 257 Å². The maximum absolute atomic E-state index is 12.4. The van der Waals surface area contributed by atoms with Gasteiger partial charge >= 0.3 is 11.9 Å². The molecule has 1 atom stereocenters. The Morgan fingerprint density at radius 2 is 0.476 bits per heavy atom. The van der Waals surface area contributed by atoms with Crippen molar-refractivity contribution in [3.8, 4) is 0 Å². The molecule has 0 spiro atoms. The predicted molar refractivity (Wildman–Crippen MR) is 371 cm³/mol. The minimum absolute atomic E-state index is 0.0626. The zero-order valence-corrected chi connectivity index (χ0v) is 55.9. The summed E-state index contributed by atoms with van der Waals surface area (Å²) < 4.78 is 10.8. The molecule has 1 N–H and O–H groups in total. The summed E-state index contributed by atoms with van der Waals surface area (Å²) in [6.45, 7) is 3.96. The summed E-state index contributed by atoms with van der Waals surface area (Å²) in [6.07, 6.45) is 106. The fraction of sp³-hybridized carbons (Fsp3) is 0.772. The van der Waals surface area contributed by atoms with Crippen molar-refractivity contribution in [2.75, 3.05) is 13.2 Å². The smallest absolute Gasteiger partial charge is 0.306 e. The van der Waals surface area contributed by atoms with Crippen LogP contribution >= 0.6 is 0 Å². The van der Waals surface area contributed by atoms with Gasteiger partial charge < -0.3 is 14.6 Å². The Morgan fingerprint density at radius 1 is 0.274 bits per heavy atom. The van der Waals surface area contributed by atoms with Crippen molar-refractivity contribution in [2.45, 2.75) is 380 Å². The lowest BCUT2D eigenvalue weighted by Gasteiger charge is -2.15. The molecule has 0 heterocycles. The van der Waals surface area contributed by atoms with E-state index in [2.05, 4.69) is 111 Å². The molecule has 0 aromatic carbocycles. The largest absolute Gasteiger partial charge is 0.462 e. The van der Waals surface area contributed by atoms with Gasteiger partial charge in [0.25, 0.3) is 0 Å². The summed E-state index contributed by atoms with van der Waals surface area (Å²) in [7, 11) is 0. The number of hydrogen-bond donors (Lipinski definition) is 1. The van der Waals surface area contributed by atoms with Crippen molar-refractivity contribution in [3.63, 3.8) is 0 Å². The second kappa shape index (κ2) is 74.1. The number of aliphatic hydroxyl groups is 1. The van der Waals surface area contributed by atoms with Gasteiger partial charge in [-0.2, -0.15) is 0 Å². The number of aliphatic hydroxyl groups excluding tert-OH is 1. The van der Waals surface area contributed by atoms with Gasteiger partial charge in [-0.3, -0.25) is 9.59 Å². The summed E-state index contributed by atoms with van der Waals surface area (Å²) in [6, 6.07) is 0. The highest BCUT2D eigenvalue weighted by Crippen LogP contribution is 2.19. The van der Waals surface area contributed by atoms with Crippen LogP contribution in [0.4, 0.5) is 0 Å². The van der Waals surface area contributed by atoms with Gasteiger partial charge in [-0.15, -0.1) is 0 Å². The van der Waals surface area contributed by atoms with E-state index in [1.807, 2.05) is 0 Å². The van der Waals surface area contributed by atoms with E-state index in [1.54, 1.807) is 0 Å². The first-order chi connectivity index (χ1) is 41.6. The molecule has 0 amide bonds. The Balaban J connectivity index is 3.40. The molecule has 0 rings (SSSR count). The molecule has 0 aromatic heterocycles. The van der Waals surface area contributed by atoms with Gasteiger partial charge in [0.1, 0.15) is 6.61 Å². The van der Waals surface area contributed by atoms with Gasteiger partial charge in [0.15, 0.2) is 6.10 Å². The molecule has 0 saturated carbocycles. The second-order valence-electron chi connectivity index (χ2n) is 24.6. The summed E-state index contributed by atoms with van der Waals surface area (Å²) in [5.74, 6) is -0.571. The molecule has 5 heteroatoms. The lowest BCUT2D eigenvalue weighted by molar-refractivity contribution is -0.161. The van der Waals surface area contributed by atoms with Crippen molar-refractivity contribution < 1.29 is 24.2 Å². The first kappa shape index (κ1) is 80.8. The molecule has 5 nitrogen and oxygen atoms in total. The van der Waals surface area contributed by atoms with E-state index in [0.717, 1.165) is 89.9 Å². The molecule has 0 aliphatic carbocycles. The molecule has 0 aliphatic heterocycles. The molecule has 0 aromatic rings. The Labute approximate surface area is 523 Å². The van der Waals surface area contributed by atoms with Crippen molar-refractivity contribution in [1.82, 2.24) is 0 Å². The van der Waals surface area contributed by atoms with Crippen LogP contribution < -0.4 is 0 Å². The number of unbranched alkanes of at least 4 members (excludes halogenated alkanes) is 44. The minimum atomic E-state index is -0.774. The van der Waals surface area contributed by atoms with Crippen LogP contribution in [0, 0.1) is 0 Å². The van der Waals surface area contributed by atoms with E-state index in [-0.39, 0.29) is 25.2 Å². The number of ether oxygens (including phenoxy) is 2. The quantitative estimate of drug-likeness (QED) is 0.0373. The van der Waals surface area contributed by atoms with E-state index in [0.29, 0.717) is 12.8 Å². The fourth-order valence-electron chi connectivity index (χ4n) is 11.0. The van der Waals surface area contributed by atoms with Gasteiger partial charge in [-0.1, -0.05) is 368 Å². The highest BCUT2D eigenvalue weighted by atomic mass is 16.6. The maximum Gasteiger partial charge on any atom is 0.306 e. The zero-order valence-electron chi connectivity index (χ0n) is 55.9. The van der Waals surface area contributed by atoms with Crippen LogP contribution in [0.25, 0.3) is 0 Å². The van der Waals surface area contributed by atoms with Crippen LogP contribution in [-0.4, -0.2) is 36.4 Å². The molecule has 84 heavy (non-hydrogen) atoms. The Kier molecular flexibility index (Phi) is 71.3. The average Bonchev–Trinajstić information content (AvgIpc) is 3.51. The number of carbonyl (C=O) groups is 2. The highest BCUT2D eigenvalue weighted by Gasteiger charge is 2.16. The molecule has 0 aliphatic rings. The van der Waals surface area contributed by atoms with Crippen LogP contribution in [0.15, 0.2) is 97.2 Å². The average molecular weight is 1170 g/mol. The predicted octanol–water partition coefficient (Wildman–Crippen LogP) is 25.8. The second-order valence-corrected chi connectivity index (χ2v) is 24.6. The first-order valence-electron chi connectivity index (χ1n) is 36.8.